The fourth-order valence-electron chi connectivity index (χ4n) is 2.53. The van der Waals surface area contributed by atoms with Gasteiger partial charge in [-0.2, -0.15) is 0 Å². The summed E-state index contributed by atoms with van der Waals surface area (Å²) in [6, 6.07) is 0.389. The van der Waals surface area contributed by atoms with Crippen molar-refractivity contribution in [1.82, 2.24) is 4.90 Å². The lowest BCUT2D eigenvalue weighted by Crippen LogP contribution is -2.50. The van der Waals surface area contributed by atoms with Gasteiger partial charge in [-0.15, -0.1) is 0 Å². The van der Waals surface area contributed by atoms with E-state index in [-0.39, 0.29) is 11.9 Å². The first-order chi connectivity index (χ1) is 7.45. The van der Waals surface area contributed by atoms with Crippen molar-refractivity contribution in [2.75, 3.05) is 6.54 Å². The topological polar surface area (TPSA) is 46.3 Å². The van der Waals surface area contributed by atoms with Gasteiger partial charge in [0.25, 0.3) is 0 Å². The molecular weight excluding hydrogens is 200 g/mol. The maximum absolute atomic E-state index is 12.1. The van der Waals surface area contributed by atoms with Gasteiger partial charge >= 0.3 is 0 Å². The Hall–Kier alpha value is -0.570. The van der Waals surface area contributed by atoms with Crippen molar-refractivity contribution in [2.45, 2.75) is 59.0 Å². The quantitative estimate of drug-likeness (QED) is 0.800. The van der Waals surface area contributed by atoms with Crippen LogP contribution in [-0.2, 0) is 4.79 Å². The summed E-state index contributed by atoms with van der Waals surface area (Å²) in [6.45, 7) is 9.55. The van der Waals surface area contributed by atoms with E-state index in [0.29, 0.717) is 24.3 Å². The Balaban J connectivity index is 2.59. The van der Waals surface area contributed by atoms with E-state index in [1.165, 1.54) is 6.42 Å². The van der Waals surface area contributed by atoms with Crippen LogP contribution in [0.4, 0.5) is 0 Å². The molecule has 0 aliphatic carbocycles. The summed E-state index contributed by atoms with van der Waals surface area (Å²) in [7, 11) is 0. The lowest BCUT2D eigenvalue weighted by Gasteiger charge is -2.41. The number of hydrogen-bond donors (Lipinski definition) is 1. The first-order valence-electron chi connectivity index (χ1n) is 6.50. The Morgan fingerprint density at radius 3 is 2.62 bits per heavy atom. The van der Waals surface area contributed by atoms with Crippen LogP contribution in [0.25, 0.3) is 0 Å². The van der Waals surface area contributed by atoms with E-state index in [0.717, 1.165) is 13.0 Å². The molecule has 94 valence electrons. The number of likely N-dealkylation sites (tertiary alicyclic amines) is 1. The van der Waals surface area contributed by atoms with E-state index >= 15 is 0 Å². The summed E-state index contributed by atoms with van der Waals surface area (Å²) in [6.07, 6.45) is 2.60. The maximum atomic E-state index is 12.1. The predicted octanol–water partition coefficient (Wildman–Crippen LogP) is 2.01. The number of rotatable bonds is 3. The number of carbonyl (C=O) groups is 1. The fraction of sp³-hybridized carbons (Fsp3) is 0.923. The molecule has 3 heteroatoms. The molecular formula is C13H26N2O. The summed E-state index contributed by atoms with van der Waals surface area (Å²) in [5, 5.41) is 0. The summed E-state index contributed by atoms with van der Waals surface area (Å²) in [5.74, 6) is 1.46. The Kier molecular flexibility index (Phi) is 4.78. The minimum atomic E-state index is 0.0206. The molecule has 3 nitrogen and oxygen atoms in total. The minimum absolute atomic E-state index is 0.0206. The lowest BCUT2D eigenvalue weighted by molar-refractivity contribution is -0.137. The molecule has 0 aromatic carbocycles. The highest BCUT2D eigenvalue weighted by molar-refractivity contribution is 5.77. The molecule has 1 saturated heterocycles. The Bertz CT molecular complexity index is 242. The van der Waals surface area contributed by atoms with Crippen LogP contribution in [0.3, 0.4) is 0 Å². The molecule has 1 fully saturated rings. The Labute approximate surface area is 99.4 Å². The zero-order chi connectivity index (χ0) is 12.3. The van der Waals surface area contributed by atoms with Crippen molar-refractivity contribution in [1.29, 1.82) is 0 Å². The first kappa shape index (κ1) is 13.5. The molecule has 0 aromatic rings. The molecule has 1 amide bonds. The average molecular weight is 226 g/mol. The number of piperidine rings is 1. The molecule has 1 rings (SSSR count). The van der Waals surface area contributed by atoms with Crippen LogP contribution in [0, 0.1) is 11.8 Å². The van der Waals surface area contributed by atoms with E-state index in [1.54, 1.807) is 0 Å². The standard InChI is InChI=1S/C13H26N2O/c1-5-12(14)7-13(16)15-8-9(2)6-10(3)11(15)4/h9-12H,5-8,14H2,1-4H3. The first-order valence-corrected chi connectivity index (χ1v) is 6.50. The monoisotopic (exact) mass is 226 g/mol. The highest BCUT2D eigenvalue weighted by Crippen LogP contribution is 2.27. The zero-order valence-electron chi connectivity index (χ0n) is 11.1. The molecule has 0 saturated carbocycles. The SMILES string of the molecule is CCC(N)CC(=O)N1CC(C)CC(C)C1C. The minimum Gasteiger partial charge on any atom is -0.339 e. The molecule has 4 unspecified atom stereocenters. The fourth-order valence-corrected chi connectivity index (χ4v) is 2.53. The van der Waals surface area contributed by atoms with Crippen LogP contribution in [0.2, 0.25) is 0 Å². The summed E-state index contributed by atoms with van der Waals surface area (Å²) >= 11 is 0. The van der Waals surface area contributed by atoms with Crippen molar-refractivity contribution in [3.8, 4) is 0 Å². The summed E-state index contributed by atoms with van der Waals surface area (Å²) in [5.41, 5.74) is 5.85. The molecule has 0 aromatic heterocycles. The van der Waals surface area contributed by atoms with Crippen LogP contribution >= 0.6 is 0 Å². The molecule has 1 aliphatic rings. The second-order valence-corrected chi connectivity index (χ2v) is 5.48. The van der Waals surface area contributed by atoms with Crippen molar-refractivity contribution in [2.24, 2.45) is 17.6 Å². The van der Waals surface area contributed by atoms with Gasteiger partial charge in [-0.3, -0.25) is 4.79 Å². The number of nitrogens with zero attached hydrogens (tertiary/aromatic N) is 1. The van der Waals surface area contributed by atoms with Crippen molar-refractivity contribution in [3.63, 3.8) is 0 Å². The van der Waals surface area contributed by atoms with Gasteiger partial charge in [-0.1, -0.05) is 20.8 Å². The van der Waals surface area contributed by atoms with E-state index in [2.05, 4.69) is 20.8 Å². The number of amides is 1. The molecule has 0 spiro atoms. The highest BCUT2D eigenvalue weighted by Gasteiger charge is 2.31. The Morgan fingerprint density at radius 2 is 2.06 bits per heavy atom. The molecule has 0 radical (unpaired) electrons. The lowest BCUT2D eigenvalue weighted by atomic mass is 9.85. The zero-order valence-corrected chi connectivity index (χ0v) is 11.1. The third-order valence-electron chi connectivity index (χ3n) is 3.88. The van der Waals surface area contributed by atoms with E-state index < -0.39 is 0 Å². The van der Waals surface area contributed by atoms with Gasteiger partial charge in [0.1, 0.15) is 0 Å². The van der Waals surface area contributed by atoms with Gasteiger partial charge in [0.15, 0.2) is 0 Å². The third kappa shape index (κ3) is 3.21. The maximum Gasteiger partial charge on any atom is 0.224 e. The van der Waals surface area contributed by atoms with Gasteiger partial charge in [0.05, 0.1) is 0 Å². The third-order valence-corrected chi connectivity index (χ3v) is 3.88. The number of carbonyl (C=O) groups excluding carboxylic acids is 1. The molecule has 1 heterocycles. The predicted molar refractivity (Wildman–Crippen MR) is 67.0 cm³/mol. The van der Waals surface area contributed by atoms with Gasteiger partial charge in [0, 0.05) is 25.0 Å². The van der Waals surface area contributed by atoms with Gasteiger partial charge in [0.2, 0.25) is 5.91 Å². The Morgan fingerprint density at radius 1 is 1.44 bits per heavy atom. The van der Waals surface area contributed by atoms with Gasteiger partial charge in [-0.05, 0) is 31.6 Å². The van der Waals surface area contributed by atoms with Crippen molar-refractivity contribution < 1.29 is 4.79 Å². The molecule has 2 N–H and O–H groups in total. The van der Waals surface area contributed by atoms with Crippen LogP contribution in [0.1, 0.15) is 47.0 Å². The molecule has 0 bridgehead atoms. The van der Waals surface area contributed by atoms with Crippen molar-refractivity contribution >= 4 is 5.91 Å². The largest absolute Gasteiger partial charge is 0.339 e. The second kappa shape index (κ2) is 5.67. The van der Waals surface area contributed by atoms with Crippen LogP contribution < -0.4 is 5.73 Å². The highest BCUT2D eigenvalue weighted by atomic mass is 16.2. The smallest absolute Gasteiger partial charge is 0.224 e. The molecule has 4 atom stereocenters. The van der Waals surface area contributed by atoms with Crippen molar-refractivity contribution in [3.05, 3.63) is 0 Å². The van der Waals surface area contributed by atoms with Crippen LogP contribution in [0.5, 0.6) is 0 Å². The van der Waals surface area contributed by atoms with Gasteiger partial charge < -0.3 is 10.6 Å². The molecule has 16 heavy (non-hydrogen) atoms. The van der Waals surface area contributed by atoms with E-state index in [9.17, 15) is 4.79 Å². The van der Waals surface area contributed by atoms with Gasteiger partial charge in [-0.25, -0.2) is 0 Å². The van der Waals surface area contributed by atoms with E-state index in [1.807, 2.05) is 11.8 Å². The second-order valence-electron chi connectivity index (χ2n) is 5.48. The van der Waals surface area contributed by atoms with Crippen LogP contribution in [-0.4, -0.2) is 29.4 Å². The number of nitrogens with two attached hydrogens (primary N) is 1. The normalized spacial score (nSPS) is 32.6. The molecule has 1 aliphatic heterocycles. The summed E-state index contributed by atoms with van der Waals surface area (Å²) in [4.78, 5) is 14.2. The van der Waals surface area contributed by atoms with Crippen LogP contribution in [0.15, 0.2) is 0 Å². The average Bonchev–Trinajstić information content (AvgIpc) is 2.22. The van der Waals surface area contributed by atoms with E-state index in [4.69, 9.17) is 5.73 Å². The summed E-state index contributed by atoms with van der Waals surface area (Å²) < 4.78 is 0. The number of hydrogen-bond acceptors (Lipinski definition) is 2.